The van der Waals surface area contributed by atoms with Crippen molar-refractivity contribution in [3.63, 3.8) is 0 Å². The van der Waals surface area contributed by atoms with E-state index in [9.17, 15) is 4.79 Å². The lowest BCUT2D eigenvalue weighted by Gasteiger charge is -2.02. The highest BCUT2D eigenvalue weighted by Gasteiger charge is 2.06. The Bertz CT molecular complexity index is 566. The van der Waals surface area contributed by atoms with Gasteiger partial charge in [0.05, 0.1) is 11.8 Å². The summed E-state index contributed by atoms with van der Waals surface area (Å²) in [7, 11) is 0. The zero-order valence-corrected chi connectivity index (χ0v) is 9.58. The van der Waals surface area contributed by atoms with Gasteiger partial charge in [0.25, 0.3) is 5.91 Å². The van der Waals surface area contributed by atoms with Gasteiger partial charge in [0.2, 0.25) is 0 Å². The predicted molar refractivity (Wildman–Crippen MR) is 70.2 cm³/mol. The molecule has 0 aliphatic carbocycles. The van der Waals surface area contributed by atoms with Crippen molar-refractivity contribution in [2.24, 2.45) is 5.10 Å². The molecule has 0 saturated carbocycles. The molecule has 90 valence electrons. The Morgan fingerprint density at radius 1 is 1.22 bits per heavy atom. The Balaban J connectivity index is 2.01. The molecule has 5 heteroatoms. The molecule has 1 aromatic heterocycles. The number of anilines is 1. The number of hydrazone groups is 1. The van der Waals surface area contributed by atoms with Crippen LogP contribution >= 0.6 is 0 Å². The van der Waals surface area contributed by atoms with Crippen LogP contribution in [0.3, 0.4) is 0 Å². The lowest BCUT2D eigenvalue weighted by Crippen LogP contribution is -2.18. The van der Waals surface area contributed by atoms with Crippen LogP contribution < -0.4 is 11.2 Å². The molecule has 0 bridgehead atoms. The van der Waals surface area contributed by atoms with E-state index in [1.165, 1.54) is 0 Å². The van der Waals surface area contributed by atoms with Crippen molar-refractivity contribution in [1.29, 1.82) is 0 Å². The van der Waals surface area contributed by atoms with Crippen molar-refractivity contribution in [3.05, 3.63) is 59.9 Å². The van der Waals surface area contributed by atoms with Crippen LogP contribution in [-0.2, 0) is 0 Å². The zero-order chi connectivity index (χ0) is 12.8. The van der Waals surface area contributed by atoms with Gasteiger partial charge in [-0.2, -0.15) is 5.10 Å². The van der Waals surface area contributed by atoms with Gasteiger partial charge in [-0.3, -0.25) is 9.78 Å². The summed E-state index contributed by atoms with van der Waals surface area (Å²) in [4.78, 5) is 15.6. The highest BCUT2D eigenvalue weighted by Crippen LogP contribution is 2.09. The number of nitrogens with two attached hydrogens (primary N) is 1. The minimum absolute atomic E-state index is 0.335. The second kappa shape index (κ2) is 5.58. The number of carbonyl (C=O) groups is 1. The number of amides is 1. The molecule has 0 saturated heterocycles. The number of pyridine rings is 1. The van der Waals surface area contributed by atoms with E-state index in [1.807, 2.05) is 0 Å². The second-order valence-electron chi connectivity index (χ2n) is 3.57. The largest absolute Gasteiger partial charge is 0.398 e. The molecule has 1 heterocycles. The molecule has 3 N–H and O–H groups in total. The number of hydrogen-bond donors (Lipinski definition) is 2. The summed E-state index contributed by atoms with van der Waals surface area (Å²) in [6.07, 6.45) is 4.84. The van der Waals surface area contributed by atoms with Gasteiger partial charge >= 0.3 is 0 Å². The van der Waals surface area contributed by atoms with Gasteiger partial charge < -0.3 is 5.73 Å². The van der Waals surface area contributed by atoms with E-state index in [0.717, 1.165) is 5.56 Å². The number of nitrogens with one attached hydrogen (secondary N) is 1. The summed E-state index contributed by atoms with van der Waals surface area (Å²) in [6, 6.07) is 10.4. The van der Waals surface area contributed by atoms with Crippen LogP contribution in [0.4, 0.5) is 5.69 Å². The number of nitrogens with zero attached hydrogens (tertiary/aromatic N) is 2. The van der Waals surface area contributed by atoms with Crippen LogP contribution in [-0.4, -0.2) is 17.1 Å². The lowest BCUT2D eigenvalue weighted by atomic mass is 10.2. The molecule has 0 spiro atoms. The Labute approximate surface area is 104 Å². The third kappa shape index (κ3) is 2.91. The molecular weight excluding hydrogens is 228 g/mol. The summed E-state index contributed by atoms with van der Waals surface area (Å²) in [5, 5.41) is 3.85. The Hall–Kier alpha value is -2.69. The normalized spacial score (nSPS) is 10.4. The number of benzene rings is 1. The molecule has 1 aromatic carbocycles. The maximum atomic E-state index is 11.7. The van der Waals surface area contributed by atoms with Crippen molar-refractivity contribution in [3.8, 4) is 0 Å². The van der Waals surface area contributed by atoms with Crippen LogP contribution in [0.15, 0.2) is 53.9 Å². The van der Waals surface area contributed by atoms with Gasteiger partial charge in [-0.05, 0) is 29.8 Å². The fourth-order valence-corrected chi connectivity index (χ4v) is 1.38. The molecule has 0 aliphatic rings. The average Bonchev–Trinajstić information content (AvgIpc) is 2.40. The predicted octanol–water partition coefficient (Wildman–Crippen LogP) is 1.43. The summed E-state index contributed by atoms with van der Waals surface area (Å²) in [5.74, 6) is -0.335. The Morgan fingerprint density at radius 3 is 2.67 bits per heavy atom. The minimum atomic E-state index is -0.335. The maximum absolute atomic E-state index is 11.7. The molecule has 1 amide bonds. The number of nitrogen functional groups attached to an aromatic ring is 1. The van der Waals surface area contributed by atoms with Crippen LogP contribution in [0.5, 0.6) is 0 Å². The first-order valence-corrected chi connectivity index (χ1v) is 5.35. The standard InChI is InChI=1S/C13H12N4O/c14-12-4-2-1-3-11(12)13(18)17-16-9-10-5-7-15-8-6-10/h1-9H,14H2,(H,17,18)/b16-9-. The summed E-state index contributed by atoms with van der Waals surface area (Å²) in [5.41, 5.74) is 9.79. The lowest BCUT2D eigenvalue weighted by molar-refractivity contribution is 0.0956. The number of aromatic nitrogens is 1. The van der Waals surface area contributed by atoms with Crippen LogP contribution in [0.2, 0.25) is 0 Å². The summed E-state index contributed by atoms with van der Waals surface area (Å²) < 4.78 is 0. The van der Waals surface area contributed by atoms with Gasteiger partial charge in [-0.25, -0.2) is 5.43 Å². The number of para-hydroxylation sites is 1. The third-order valence-electron chi connectivity index (χ3n) is 2.29. The smallest absolute Gasteiger partial charge is 0.273 e. The fraction of sp³-hybridized carbons (Fsp3) is 0. The molecule has 0 atom stereocenters. The highest BCUT2D eigenvalue weighted by molar-refractivity contribution is 5.99. The quantitative estimate of drug-likeness (QED) is 0.484. The van der Waals surface area contributed by atoms with E-state index in [2.05, 4.69) is 15.5 Å². The average molecular weight is 240 g/mol. The molecule has 5 nitrogen and oxygen atoms in total. The molecule has 0 fully saturated rings. The van der Waals surface area contributed by atoms with Crippen molar-refractivity contribution in [1.82, 2.24) is 10.4 Å². The molecule has 2 rings (SSSR count). The van der Waals surface area contributed by atoms with E-state index in [4.69, 9.17) is 5.73 Å². The monoisotopic (exact) mass is 240 g/mol. The van der Waals surface area contributed by atoms with Crippen molar-refractivity contribution in [2.75, 3.05) is 5.73 Å². The zero-order valence-electron chi connectivity index (χ0n) is 9.58. The van der Waals surface area contributed by atoms with Gasteiger partial charge in [0.15, 0.2) is 0 Å². The maximum Gasteiger partial charge on any atom is 0.273 e. The van der Waals surface area contributed by atoms with Gasteiger partial charge in [-0.15, -0.1) is 0 Å². The first-order chi connectivity index (χ1) is 8.77. The number of rotatable bonds is 3. The van der Waals surface area contributed by atoms with Gasteiger partial charge in [0, 0.05) is 18.1 Å². The van der Waals surface area contributed by atoms with Crippen LogP contribution in [0.25, 0.3) is 0 Å². The summed E-state index contributed by atoms with van der Waals surface area (Å²) in [6.45, 7) is 0. The fourth-order valence-electron chi connectivity index (χ4n) is 1.38. The van der Waals surface area contributed by atoms with Crippen LogP contribution in [0, 0.1) is 0 Å². The molecule has 2 aromatic rings. The topological polar surface area (TPSA) is 80.4 Å². The van der Waals surface area contributed by atoms with Crippen molar-refractivity contribution in [2.45, 2.75) is 0 Å². The first-order valence-electron chi connectivity index (χ1n) is 5.35. The molecule has 0 unspecified atom stereocenters. The van der Waals surface area contributed by atoms with E-state index in [0.29, 0.717) is 11.3 Å². The van der Waals surface area contributed by atoms with Crippen molar-refractivity contribution >= 4 is 17.8 Å². The first kappa shape index (κ1) is 11.8. The van der Waals surface area contributed by atoms with Gasteiger partial charge in [-0.1, -0.05) is 12.1 Å². The number of hydrogen-bond acceptors (Lipinski definition) is 4. The Kier molecular flexibility index (Phi) is 3.66. The third-order valence-corrected chi connectivity index (χ3v) is 2.29. The van der Waals surface area contributed by atoms with Crippen molar-refractivity contribution < 1.29 is 4.79 Å². The minimum Gasteiger partial charge on any atom is -0.398 e. The molecule has 0 aliphatic heterocycles. The SMILES string of the molecule is Nc1ccccc1C(=O)N/N=C\c1ccncc1. The Morgan fingerprint density at radius 2 is 1.94 bits per heavy atom. The second-order valence-corrected chi connectivity index (χ2v) is 3.57. The van der Waals surface area contributed by atoms with Crippen LogP contribution in [0.1, 0.15) is 15.9 Å². The molecule has 0 radical (unpaired) electrons. The van der Waals surface area contributed by atoms with E-state index >= 15 is 0 Å². The van der Waals surface area contributed by atoms with Gasteiger partial charge in [0.1, 0.15) is 0 Å². The molecule has 18 heavy (non-hydrogen) atoms. The summed E-state index contributed by atoms with van der Waals surface area (Å²) >= 11 is 0. The highest BCUT2D eigenvalue weighted by atomic mass is 16.2. The van der Waals surface area contributed by atoms with E-state index in [-0.39, 0.29) is 5.91 Å². The van der Waals surface area contributed by atoms with E-state index < -0.39 is 0 Å². The number of carbonyl (C=O) groups excluding carboxylic acids is 1. The molecular formula is C13H12N4O. The van der Waals surface area contributed by atoms with E-state index in [1.54, 1.807) is 55.0 Å².